The fourth-order valence-corrected chi connectivity index (χ4v) is 3.72. The minimum absolute atomic E-state index is 0.278. The van der Waals surface area contributed by atoms with E-state index >= 15 is 0 Å². The van der Waals surface area contributed by atoms with E-state index in [0.717, 1.165) is 38.9 Å². The van der Waals surface area contributed by atoms with Gasteiger partial charge >= 0.3 is 0 Å². The second-order valence-electron chi connectivity index (χ2n) is 6.84. The van der Waals surface area contributed by atoms with Crippen LogP contribution in [0.1, 0.15) is 22.3 Å². The molecule has 0 spiro atoms. The molecule has 0 unspecified atom stereocenters. The molecular weight excluding hydrogens is 388 g/mol. The van der Waals surface area contributed by atoms with Gasteiger partial charge < -0.3 is 10.1 Å². The molecule has 1 fully saturated rings. The van der Waals surface area contributed by atoms with Gasteiger partial charge in [-0.05, 0) is 79.1 Å². The summed E-state index contributed by atoms with van der Waals surface area (Å²) in [6, 6.07) is 11.1. The molecule has 0 atom stereocenters. The number of methoxy groups -OCH3 is 1. The summed E-state index contributed by atoms with van der Waals surface area (Å²) in [5.74, 6) is -0.200. The Morgan fingerprint density at radius 2 is 1.79 bits per heavy atom. The minimum Gasteiger partial charge on any atom is -0.496 e. The molecule has 3 rings (SSSR count). The van der Waals surface area contributed by atoms with Crippen LogP contribution < -0.4 is 10.1 Å². The number of nitrogens with one attached hydrogen (secondary N) is 1. The predicted octanol–water partition coefficient (Wildman–Crippen LogP) is 4.30. The third-order valence-electron chi connectivity index (χ3n) is 4.70. The van der Waals surface area contributed by atoms with Crippen LogP contribution >= 0.6 is 11.8 Å². The Morgan fingerprint density at radius 1 is 1.07 bits per heavy atom. The van der Waals surface area contributed by atoms with E-state index in [0.29, 0.717) is 11.4 Å². The standard InChI is InChI=1S/C22H22N2O4S/c1-13-6-8-17(9-15(13)3)23-20(25)12-24-21(26)19(29-22(24)27)11-16-7-5-14(2)18(10-16)28-4/h5-11H,12H2,1-4H3,(H,23,25)/b19-11+. The van der Waals surface area contributed by atoms with Crippen molar-refractivity contribution in [3.05, 3.63) is 63.6 Å². The van der Waals surface area contributed by atoms with Crippen LogP contribution in [0.4, 0.5) is 10.5 Å². The highest BCUT2D eigenvalue weighted by molar-refractivity contribution is 8.18. The quantitative estimate of drug-likeness (QED) is 0.744. The number of imide groups is 1. The van der Waals surface area contributed by atoms with Crippen molar-refractivity contribution in [1.29, 1.82) is 0 Å². The molecule has 7 heteroatoms. The maximum Gasteiger partial charge on any atom is 0.294 e. The number of amides is 3. The zero-order valence-electron chi connectivity index (χ0n) is 16.7. The smallest absolute Gasteiger partial charge is 0.294 e. The van der Waals surface area contributed by atoms with E-state index in [1.54, 1.807) is 25.3 Å². The molecule has 1 heterocycles. The molecule has 1 aliphatic rings. The lowest BCUT2D eigenvalue weighted by Crippen LogP contribution is -2.36. The number of thioether (sulfide) groups is 1. The van der Waals surface area contributed by atoms with Gasteiger partial charge in [-0.1, -0.05) is 18.2 Å². The summed E-state index contributed by atoms with van der Waals surface area (Å²) in [6.45, 7) is 5.53. The molecule has 150 valence electrons. The number of aryl methyl sites for hydroxylation is 3. The van der Waals surface area contributed by atoms with Crippen LogP contribution in [0, 0.1) is 20.8 Å². The average molecular weight is 410 g/mol. The van der Waals surface area contributed by atoms with Crippen LogP contribution in [0.15, 0.2) is 41.3 Å². The first-order valence-electron chi connectivity index (χ1n) is 9.05. The van der Waals surface area contributed by atoms with Crippen molar-refractivity contribution in [2.24, 2.45) is 0 Å². The van der Waals surface area contributed by atoms with E-state index in [-0.39, 0.29) is 11.4 Å². The van der Waals surface area contributed by atoms with E-state index in [1.807, 2.05) is 45.0 Å². The summed E-state index contributed by atoms with van der Waals surface area (Å²) in [4.78, 5) is 38.5. The maximum absolute atomic E-state index is 12.6. The molecule has 0 bridgehead atoms. The van der Waals surface area contributed by atoms with Gasteiger partial charge in [0.15, 0.2) is 0 Å². The SMILES string of the molecule is COc1cc(/C=C2/SC(=O)N(CC(=O)Nc3ccc(C)c(C)c3)C2=O)ccc1C. The number of rotatable bonds is 5. The van der Waals surface area contributed by atoms with E-state index in [2.05, 4.69) is 5.32 Å². The summed E-state index contributed by atoms with van der Waals surface area (Å²) in [7, 11) is 1.58. The molecule has 0 aliphatic carbocycles. The molecule has 29 heavy (non-hydrogen) atoms. The number of nitrogens with zero attached hydrogens (tertiary/aromatic N) is 1. The molecule has 1 aliphatic heterocycles. The highest BCUT2D eigenvalue weighted by Crippen LogP contribution is 2.33. The average Bonchev–Trinajstić information content (AvgIpc) is 2.93. The molecule has 0 saturated carbocycles. The molecule has 1 saturated heterocycles. The predicted molar refractivity (Wildman–Crippen MR) is 115 cm³/mol. The van der Waals surface area contributed by atoms with Crippen molar-refractivity contribution >= 4 is 40.6 Å². The zero-order valence-corrected chi connectivity index (χ0v) is 17.6. The van der Waals surface area contributed by atoms with Crippen molar-refractivity contribution in [2.45, 2.75) is 20.8 Å². The van der Waals surface area contributed by atoms with E-state index < -0.39 is 17.1 Å². The lowest BCUT2D eigenvalue weighted by molar-refractivity contribution is -0.127. The van der Waals surface area contributed by atoms with Gasteiger partial charge in [0.1, 0.15) is 12.3 Å². The van der Waals surface area contributed by atoms with Gasteiger partial charge in [0.05, 0.1) is 12.0 Å². The van der Waals surface area contributed by atoms with Gasteiger partial charge in [-0.2, -0.15) is 0 Å². The number of ether oxygens (including phenoxy) is 1. The van der Waals surface area contributed by atoms with Crippen LogP contribution in [0.3, 0.4) is 0 Å². The highest BCUT2D eigenvalue weighted by atomic mass is 32.2. The van der Waals surface area contributed by atoms with Crippen LogP contribution in [-0.4, -0.2) is 35.6 Å². The van der Waals surface area contributed by atoms with E-state index in [1.165, 1.54) is 0 Å². The molecule has 0 radical (unpaired) electrons. The van der Waals surface area contributed by atoms with Crippen molar-refractivity contribution in [3.8, 4) is 5.75 Å². The number of anilines is 1. The Labute approximate surface area is 173 Å². The molecule has 0 aromatic heterocycles. The number of hydrogen-bond acceptors (Lipinski definition) is 5. The van der Waals surface area contributed by atoms with Crippen molar-refractivity contribution in [1.82, 2.24) is 4.90 Å². The summed E-state index contributed by atoms with van der Waals surface area (Å²) in [5.41, 5.74) is 4.52. The Hall–Kier alpha value is -3.06. The van der Waals surface area contributed by atoms with Crippen LogP contribution in [-0.2, 0) is 9.59 Å². The molecule has 6 nitrogen and oxygen atoms in total. The maximum atomic E-state index is 12.6. The Morgan fingerprint density at radius 3 is 2.48 bits per heavy atom. The molecular formula is C22H22N2O4S. The number of carbonyl (C=O) groups is 3. The van der Waals surface area contributed by atoms with E-state index in [4.69, 9.17) is 4.74 Å². The van der Waals surface area contributed by atoms with E-state index in [9.17, 15) is 14.4 Å². The Balaban J connectivity index is 1.71. The molecule has 3 amide bonds. The Bertz CT molecular complexity index is 1030. The first-order chi connectivity index (χ1) is 13.8. The van der Waals surface area contributed by atoms with Crippen molar-refractivity contribution in [3.63, 3.8) is 0 Å². The van der Waals surface area contributed by atoms with Gasteiger partial charge in [0.25, 0.3) is 11.1 Å². The number of benzene rings is 2. The topological polar surface area (TPSA) is 75.7 Å². The van der Waals surface area contributed by atoms with Crippen LogP contribution in [0.5, 0.6) is 5.75 Å². The summed E-state index contributed by atoms with van der Waals surface area (Å²) < 4.78 is 5.29. The first kappa shape index (κ1) is 20.7. The lowest BCUT2D eigenvalue weighted by Gasteiger charge is -2.13. The largest absolute Gasteiger partial charge is 0.496 e. The normalized spacial score (nSPS) is 15.2. The second-order valence-corrected chi connectivity index (χ2v) is 7.84. The van der Waals surface area contributed by atoms with Crippen LogP contribution in [0.2, 0.25) is 0 Å². The first-order valence-corrected chi connectivity index (χ1v) is 9.87. The summed E-state index contributed by atoms with van der Waals surface area (Å²) in [6.07, 6.45) is 1.63. The Kier molecular flexibility index (Phi) is 6.08. The van der Waals surface area contributed by atoms with Crippen LogP contribution in [0.25, 0.3) is 6.08 Å². The lowest BCUT2D eigenvalue weighted by atomic mass is 10.1. The van der Waals surface area contributed by atoms with Gasteiger partial charge in [0, 0.05) is 5.69 Å². The zero-order chi connectivity index (χ0) is 21.1. The molecule has 1 N–H and O–H groups in total. The third kappa shape index (κ3) is 4.68. The van der Waals surface area contributed by atoms with Crippen molar-refractivity contribution < 1.29 is 19.1 Å². The summed E-state index contributed by atoms with van der Waals surface area (Å²) in [5, 5.41) is 2.27. The number of carbonyl (C=O) groups excluding carboxylic acids is 3. The monoisotopic (exact) mass is 410 g/mol. The fourth-order valence-electron chi connectivity index (χ4n) is 2.88. The van der Waals surface area contributed by atoms with Gasteiger partial charge in [-0.25, -0.2) is 0 Å². The second kappa shape index (κ2) is 8.53. The van der Waals surface area contributed by atoms with Gasteiger partial charge in [0.2, 0.25) is 5.91 Å². The minimum atomic E-state index is -0.477. The molecule has 2 aromatic rings. The van der Waals surface area contributed by atoms with Crippen molar-refractivity contribution in [2.75, 3.05) is 19.0 Å². The third-order valence-corrected chi connectivity index (χ3v) is 5.60. The highest BCUT2D eigenvalue weighted by Gasteiger charge is 2.36. The van der Waals surface area contributed by atoms with Gasteiger partial charge in [-0.3, -0.25) is 19.3 Å². The van der Waals surface area contributed by atoms with Gasteiger partial charge in [-0.15, -0.1) is 0 Å². The summed E-state index contributed by atoms with van der Waals surface area (Å²) >= 11 is 0.825. The number of hydrogen-bond donors (Lipinski definition) is 1. The fraction of sp³-hybridized carbons (Fsp3) is 0.227. The molecule has 2 aromatic carbocycles.